The lowest BCUT2D eigenvalue weighted by Crippen LogP contribution is -2.49. The maximum Gasteiger partial charge on any atom is 0.228 e. The van der Waals surface area contributed by atoms with Gasteiger partial charge in [0.05, 0.1) is 11.5 Å². The van der Waals surface area contributed by atoms with Crippen LogP contribution in [0.2, 0.25) is 0 Å². The SMILES string of the molecule is CCCC1(C(=O)N2CC3CCC(O)C3C2)CCNCC1. The molecule has 0 aromatic rings. The second kappa shape index (κ2) is 5.64. The van der Waals surface area contributed by atoms with Crippen LogP contribution in [0.1, 0.15) is 45.4 Å². The van der Waals surface area contributed by atoms with Crippen LogP contribution in [0.3, 0.4) is 0 Å². The van der Waals surface area contributed by atoms with Crippen molar-refractivity contribution >= 4 is 5.91 Å². The van der Waals surface area contributed by atoms with Crippen molar-refractivity contribution in [1.82, 2.24) is 10.2 Å². The molecule has 4 nitrogen and oxygen atoms in total. The molecule has 0 aromatic heterocycles. The zero-order valence-electron chi connectivity index (χ0n) is 12.6. The van der Waals surface area contributed by atoms with Crippen LogP contribution >= 0.6 is 0 Å². The van der Waals surface area contributed by atoms with Gasteiger partial charge in [-0.05, 0) is 51.1 Å². The van der Waals surface area contributed by atoms with Crippen molar-refractivity contribution < 1.29 is 9.90 Å². The van der Waals surface area contributed by atoms with Crippen molar-refractivity contribution in [2.24, 2.45) is 17.3 Å². The molecule has 3 fully saturated rings. The number of likely N-dealkylation sites (tertiary alicyclic amines) is 1. The molecule has 2 aliphatic heterocycles. The Bertz CT molecular complexity index is 360. The first-order valence-corrected chi connectivity index (χ1v) is 8.34. The van der Waals surface area contributed by atoms with Gasteiger partial charge in [0, 0.05) is 19.0 Å². The van der Waals surface area contributed by atoms with Gasteiger partial charge in [0.25, 0.3) is 0 Å². The van der Waals surface area contributed by atoms with Gasteiger partial charge in [-0.25, -0.2) is 0 Å². The molecule has 3 unspecified atom stereocenters. The summed E-state index contributed by atoms with van der Waals surface area (Å²) >= 11 is 0. The van der Waals surface area contributed by atoms with Gasteiger partial charge in [0.1, 0.15) is 0 Å². The molecule has 2 saturated heterocycles. The Morgan fingerprint density at radius 3 is 2.70 bits per heavy atom. The minimum absolute atomic E-state index is 0.121. The number of hydrogen-bond acceptors (Lipinski definition) is 3. The van der Waals surface area contributed by atoms with Crippen molar-refractivity contribution in [1.29, 1.82) is 0 Å². The Hall–Kier alpha value is -0.610. The van der Waals surface area contributed by atoms with Crippen molar-refractivity contribution in [3.63, 3.8) is 0 Å². The van der Waals surface area contributed by atoms with Gasteiger partial charge in [-0.3, -0.25) is 4.79 Å². The maximum absolute atomic E-state index is 13.1. The van der Waals surface area contributed by atoms with Crippen LogP contribution in [0.5, 0.6) is 0 Å². The van der Waals surface area contributed by atoms with Crippen LogP contribution in [0.25, 0.3) is 0 Å². The smallest absolute Gasteiger partial charge is 0.228 e. The van der Waals surface area contributed by atoms with E-state index in [9.17, 15) is 9.90 Å². The van der Waals surface area contributed by atoms with Crippen LogP contribution in [0.4, 0.5) is 0 Å². The normalized spacial score (nSPS) is 36.1. The van der Waals surface area contributed by atoms with E-state index in [0.717, 1.165) is 64.7 Å². The predicted octanol–water partition coefficient (Wildman–Crippen LogP) is 1.39. The molecule has 2 heterocycles. The third-order valence-electron chi connectivity index (χ3n) is 5.85. The molecule has 3 atom stereocenters. The van der Waals surface area contributed by atoms with Gasteiger partial charge in [-0.1, -0.05) is 13.3 Å². The van der Waals surface area contributed by atoms with Gasteiger partial charge in [0.15, 0.2) is 0 Å². The molecular formula is C16H28N2O2. The Labute approximate surface area is 121 Å². The van der Waals surface area contributed by atoms with E-state index in [4.69, 9.17) is 0 Å². The summed E-state index contributed by atoms with van der Waals surface area (Å²) in [5.74, 6) is 1.27. The lowest BCUT2D eigenvalue weighted by atomic mass is 9.74. The predicted molar refractivity (Wildman–Crippen MR) is 78.2 cm³/mol. The minimum Gasteiger partial charge on any atom is -0.393 e. The third kappa shape index (κ3) is 2.37. The minimum atomic E-state index is -0.173. The number of aliphatic hydroxyl groups excluding tert-OH is 1. The Kier molecular flexibility index (Phi) is 4.04. The van der Waals surface area contributed by atoms with E-state index in [-0.39, 0.29) is 11.5 Å². The molecule has 0 spiro atoms. The van der Waals surface area contributed by atoms with Gasteiger partial charge in [-0.2, -0.15) is 0 Å². The second-order valence-corrected chi connectivity index (χ2v) is 7.06. The number of amides is 1. The highest BCUT2D eigenvalue weighted by Gasteiger charge is 2.48. The topological polar surface area (TPSA) is 52.6 Å². The summed E-state index contributed by atoms with van der Waals surface area (Å²) in [5.41, 5.74) is -0.121. The molecule has 20 heavy (non-hydrogen) atoms. The van der Waals surface area contributed by atoms with E-state index >= 15 is 0 Å². The van der Waals surface area contributed by atoms with Crippen LogP contribution in [0, 0.1) is 17.3 Å². The molecule has 2 N–H and O–H groups in total. The largest absolute Gasteiger partial charge is 0.393 e. The molecular weight excluding hydrogens is 252 g/mol. The van der Waals surface area contributed by atoms with Crippen LogP contribution < -0.4 is 5.32 Å². The Morgan fingerprint density at radius 2 is 2.05 bits per heavy atom. The molecule has 0 radical (unpaired) electrons. The monoisotopic (exact) mass is 280 g/mol. The van der Waals surface area contributed by atoms with E-state index in [1.165, 1.54) is 0 Å². The molecule has 3 aliphatic rings. The summed E-state index contributed by atoms with van der Waals surface area (Å²) in [5, 5.41) is 13.4. The number of rotatable bonds is 3. The summed E-state index contributed by atoms with van der Waals surface area (Å²) in [4.78, 5) is 15.1. The first kappa shape index (κ1) is 14.3. The summed E-state index contributed by atoms with van der Waals surface area (Å²) in [6.07, 6.45) is 5.91. The van der Waals surface area contributed by atoms with Crippen molar-refractivity contribution in [3.05, 3.63) is 0 Å². The van der Waals surface area contributed by atoms with Crippen molar-refractivity contribution in [2.75, 3.05) is 26.2 Å². The zero-order valence-corrected chi connectivity index (χ0v) is 12.6. The maximum atomic E-state index is 13.1. The van der Waals surface area contributed by atoms with Crippen molar-refractivity contribution in [3.8, 4) is 0 Å². The molecule has 1 saturated carbocycles. The van der Waals surface area contributed by atoms with E-state index in [1.54, 1.807) is 0 Å². The first-order chi connectivity index (χ1) is 9.66. The molecule has 4 heteroatoms. The molecule has 1 aliphatic carbocycles. The first-order valence-electron chi connectivity index (χ1n) is 8.34. The second-order valence-electron chi connectivity index (χ2n) is 7.06. The molecule has 1 amide bonds. The summed E-state index contributed by atoms with van der Waals surface area (Å²) in [7, 11) is 0. The van der Waals surface area contributed by atoms with Gasteiger partial charge >= 0.3 is 0 Å². The third-order valence-corrected chi connectivity index (χ3v) is 5.85. The fourth-order valence-electron chi connectivity index (χ4n) is 4.69. The quantitative estimate of drug-likeness (QED) is 0.821. The van der Waals surface area contributed by atoms with Gasteiger partial charge in [-0.15, -0.1) is 0 Å². The van der Waals surface area contributed by atoms with Crippen molar-refractivity contribution in [2.45, 2.75) is 51.6 Å². The fraction of sp³-hybridized carbons (Fsp3) is 0.938. The number of hydrogen-bond donors (Lipinski definition) is 2. The highest BCUT2D eigenvalue weighted by molar-refractivity contribution is 5.83. The van der Waals surface area contributed by atoms with Crippen LogP contribution in [-0.2, 0) is 4.79 Å². The molecule has 0 bridgehead atoms. The number of fused-ring (bicyclic) bond motifs is 1. The number of aliphatic hydroxyl groups is 1. The average Bonchev–Trinajstić information content (AvgIpc) is 3.02. The van der Waals surface area contributed by atoms with E-state index in [1.807, 2.05) is 0 Å². The van der Waals surface area contributed by atoms with Gasteiger partial charge in [0.2, 0.25) is 5.91 Å². The molecule has 3 rings (SSSR count). The number of carbonyl (C=O) groups is 1. The number of carbonyl (C=O) groups excluding carboxylic acids is 1. The van der Waals surface area contributed by atoms with Crippen LogP contribution in [-0.4, -0.2) is 48.2 Å². The Balaban J connectivity index is 1.71. The standard InChI is InChI=1S/C16H28N2O2/c1-2-5-16(6-8-17-9-7-16)15(20)18-10-12-3-4-14(19)13(12)11-18/h12-14,17,19H,2-11H2,1H3. The highest BCUT2D eigenvalue weighted by atomic mass is 16.3. The van der Waals surface area contributed by atoms with E-state index in [0.29, 0.717) is 17.7 Å². The highest BCUT2D eigenvalue weighted by Crippen LogP contribution is 2.42. The summed E-state index contributed by atoms with van der Waals surface area (Å²) < 4.78 is 0. The Morgan fingerprint density at radius 1 is 1.30 bits per heavy atom. The fourth-order valence-corrected chi connectivity index (χ4v) is 4.69. The zero-order chi connectivity index (χ0) is 14.2. The molecule has 114 valence electrons. The summed E-state index contributed by atoms with van der Waals surface area (Å²) in [6, 6.07) is 0. The summed E-state index contributed by atoms with van der Waals surface area (Å²) in [6.45, 7) is 5.80. The molecule has 0 aromatic carbocycles. The number of nitrogens with one attached hydrogen (secondary N) is 1. The number of piperidine rings is 1. The number of nitrogens with zero attached hydrogens (tertiary/aromatic N) is 1. The van der Waals surface area contributed by atoms with Crippen LogP contribution in [0.15, 0.2) is 0 Å². The van der Waals surface area contributed by atoms with Gasteiger partial charge < -0.3 is 15.3 Å². The lowest BCUT2D eigenvalue weighted by molar-refractivity contribution is -0.143. The van der Waals surface area contributed by atoms with E-state index < -0.39 is 0 Å². The van der Waals surface area contributed by atoms with E-state index in [2.05, 4.69) is 17.1 Å². The lowest BCUT2D eigenvalue weighted by Gasteiger charge is -2.39. The average molecular weight is 280 g/mol.